The molecular formula is C14H12ClN5S. The first-order valence-electron chi connectivity index (χ1n) is 6.68. The van der Waals surface area contributed by atoms with Crippen molar-refractivity contribution in [1.29, 1.82) is 0 Å². The zero-order valence-corrected chi connectivity index (χ0v) is 12.9. The lowest BCUT2D eigenvalue weighted by atomic mass is 10.1. The number of hydrogen-bond donors (Lipinski definition) is 0. The van der Waals surface area contributed by atoms with Crippen LogP contribution in [0.1, 0.15) is 16.1 Å². The van der Waals surface area contributed by atoms with Gasteiger partial charge < -0.3 is 4.90 Å². The average molecular weight is 318 g/mol. The van der Waals surface area contributed by atoms with Gasteiger partial charge in [-0.3, -0.25) is 4.98 Å². The van der Waals surface area contributed by atoms with E-state index in [1.807, 2.05) is 6.07 Å². The summed E-state index contributed by atoms with van der Waals surface area (Å²) in [7, 11) is 0. The number of hydrogen-bond acceptors (Lipinski definition) is 6. The van der Waals surface area contributed by atoms with Crippen molar-refractivity contribution in [2.45, 2.75) is 19.9 Å². The maximum atomic E-state index is 6.01. The molecule has 1 aliphatic rings. The van der Waals surface area contributed by atoms with Crippen LogP contribution in [0.4, 0.5) is 5.82 Å². The topological polar surface area (TPSA) is 54.8 Å². The summed E-state index contributed by atoms with van der Waals surface area (Å²) in [5.74, 6) is 0.971. The molecule has 106 valence electrons. The fraction of sp³-hybridized carbons (Fsp3) is 0.286. The Morgan fingerprint density at radius 1 is 1.24 bits per heavy atom. The minimum atomic E-state index is 0.621. The Balaban J connectivity index is 1.75. The van der Waals surface area contributed by atoms with Gasteiger partial charge in [-0.2, -0.15) is 0 Å². The molecule has 0 radical (unpaired) electrons. The number of rotatable bonds is 1. The molecule has 7 heteroatoms. The van der Waals surface area contributed by atoms with Crippen LogP contribution >= 0.6 is 22.9 Å². The van der Waals surface area contributed by atoms with Crippen LogP contribution in [0.15, 0.2) is 18.5 Å². The second kappa shape index (κ2) is 4.89. The van der Waals surface area contributed by atoms with Gasteiger partial charge in [-0.05, 0) is 18.6 Å². The number of thiazole rings is 1. The zero-order chi connectivity index (χ0) is 14.4. The first-order valence-corrected chi connectivity index (χ1v) is 7.87. The van der Waals surface area contributed by atoms with Gasteiger partial charge in [-0.25, -0.2) is 15.0 Å². The fourth-order valence-electron chi connectivity index (χ4n) is 2.65. The van der Waals surface area contributed by atoms with E-state index in [4.69, 9.17) is 11.6 Å². The molecule has 4 heterocycles. The highest BCUT2D eigenvalue weighted by Gasteiger charge is 2.22. The molecule has 0 atom stereocenters. The Kier molecular flexibility index (Phi) is 3.01. The highest BCUT2D eigenvalue weighted by molar-refractivity contribution is 7.15. The van der Waals surface area contributed by atoms with Gasteiger partial charge in [0.2, 0.25) is 0 Å². The van der Waals surface area contributed by atoms with E-state index < -0.39 is 0 Å². The van der Waals surface area contributed by atoms with Gasteiger partial charge in [-0.1, -0.05) is 11.6 Å². The third kappa shape index (κ3) is 2.24. The Hall–Kier alpha value is -1.79. The van der Waals surface area contributed by atoms with E-state index >= 15 is 0 Å². The summed E-state index contributed by atoms with van der Waals surface area (Å²) in [5, 5.41) is 0. The smallest absolute Gasteiger partial charge is 0.184 e. The summed E-state index contributed by atoms with van der Waals surface area (Å²) in [5.41, 5.74) is 3.75. The SMILES string of the molecule is Cc1cc2nccnc2nc1N1CCc2nc(Cl)sc2C1. The zero-order valence-electron chi connectivity index (χ0n) is 11.4. The molecular weight excluding hydrogens is 306 g/mol. The van der Waals surface area contributed by atoms with Gasteiger partial charge in [0.25, 0.3) is 0 Å². The van der Waals surface area contributed by atoms with Crippen LogP contribution in [0.5, 0.6) is 0 Å². The molecule has 0 amide bonds. The van der Waals surface area contributed by atoms with Crippen LogP contribution in [0, 0.1) is 6.92 Å². The van der Waals surface area contributed by atoms with E-state index in [0.717, 1.165) is 42.1 Å². The molecule has 0 saturated carbocycles. The number of aromatic nitrogens is 4. The van der Waals surface area contributed by atoms with Crippen molar-refractivity contribution in [3.05, 3.63) is 39.1 Å². The number of nitrogens with zero attached hydrogens (tertiary/aromatic N) is 5. The predicted octanol–water partition coefficient (Wildman–Crippen LogP) is 3.01. The molecule has 21 heavy (non-hydrogen) atoms. The summed E-state index contributed by atoms with van der Waals surface area (Å²) in [6, 6.07) is 2.04. The molecule has 4 rings (SSSR count). The van der Waals surface area contributed by atoms with Crippen LogP contribution in [-0.4, -0.2) is 26.5 Å². The lowest BCUT2D eigenvalue weighted by molar-refractivity contribution is 0.717. The van der Waals surface area contributed by atoms with Gasteiger partial charge in [0.05, 0.1) is 12.2 Å². The van der Waals surface area contributed by atoms with Gasteiger partial charge in [0.1, 0.15) is 11.3 Å². The van der Waals surface area contributed by atoms with Crippen LogP contribution in [-0.2, 0) is 13.0 Å². The van der Waals surface area contributed by atoms with E-state index in [2.05, 4.69) is 31.8 Å². The van der Waals surface area contributed by atoms with Crippen molar-refractivity contribution in [3.8, 4) is 0 Å². The third-order valence-corrected chi connectivity index (χ3v) is 4.82. The normalized spacial score (nSPS) is 14.5. The molecule has 3 aromatic heterocycles. The lowest BCUT2D eigenvalue weighted by Crippen LogP contribution is -2.31. The van der Waals surface area contributed by atoms with E-state index in [1.54, 1.807) is 23.7 Å². The second-order valence-corrected chi connectivity index (χ2v) is 6.70. The quantitative estimate of drug-likeness (QED) is 0.690. The lowest BCUT2D eigenvalue weighted by Gasteiger charge is -2.28. The Bertz CT molecular complexity index is 831. The minimum absolute atomic E-state index is 0.621. The average Bonchev–Trinajstić information content (AvgIpc) is 2.85. The minimum Gasteiger partial charge on any atom is -0.351 e. The highest BCUT2D eigenvalue weighted by Crippen LogP contribution is 2.31. The number of aryl methyl sites for hydroxylation is 1. The largest absolute Gasteiger partial charge is 0.351 e. The number of fused-ring (bicyclic) bond motifs is 2. The monoisotopic (exact) mass is 317 g/mol. The van der Waals surface area contributed by atoms with E-state index in [-0.39, 0.29) is 0 Å². The molecule has 0 unspecified atom stereocenters. The summed E-state index contributed by atoms with van der Waals surface area (Å²) in [6.45, 7) is 3.76. The Labute approximate surface area is 130 Å². The van der Waals surface area contributed by atoms with E-state index in [0.29, 0.717) is 10.1 Å². The van der Waals surface area contributed by atoms with Crippen molar-refractivity contribution in [1.82, 2.24) is 19.9 Å². The summed E-state index contributed by atoms with van der Waals surface area (Å²) < 4.78 is 0.621. The van der Waals surface area contributed by atoms with Gasteiger partial charge in [0, 0.05) is 30.2 Å². The maximum Gasteiger partial charge on any atom is 0.184 e. The molecule has 3 aromatic rings. The van der Waals surface area contributed by atoms with Gasteiger partial charge in [-0.15, -0.1) is 11.3 Å². The van der Waals surface area contributed by atoms with Crippen molar-refractivity contribution < 1.29 is 0 Å². The van der Waals surface area contributed by atoms with Gasteiger partial charge >= 0.3 is 0 Å². The molecule has 1 aliphatic heterocycles. The molecule has 0 fully saturated rings. The highest BCUT2D eigenvalue weighted by atomic mass is 35.5. The second-order valence-electron chi connectivity index (χ2n) is 5.04. The van der Waals surface area contributed by atoms with Crippen molar-refractivity contribution >= 4 is 39.9 Å². The van der Waals surface area contributed by atoms with E-state index in [9.17, 15) is 0 Å². The maximum absolute atomic E-state index is 6.01. The fourth-order valence-corrected chi connectivity index (χ4v) is 3.88. The predicted molar refractivity (Wildman–Crippen MR) is 83.9 cm³/mol. The van der Waals surface area contributed by atoms with Crippen molar-refractivity contribution in [2.75, 3.05) is 11.4 Å². The number of pyridine rings is 1. The Morgan fingerprint density at radius 2 is 2.10 bits per heavy atom. The number of halogens is 1. The van der Waals surface area contributed by atoms with E-state index in [1.165, 1.54) is 4.88 Å². The first kappa shape index (κ1) is 12.9. The third-order valence-electron chi connectivity index (χ3n) is 3.63. The molecule has 0 N–H and O–H groups in total. The van der Waals surface area contributed by atoms with Crippen LogP contribution < -0.4 is 4.90 Å². The molecule has 5 nitrogen and oxygen atoms in total. The number of anilines is 1. The standard InChI is InChI=1S/C14H12ClN5S/c1-8-6-10-12(17-4-3-16-10)19-13(8)20-5-2-9-11(7-20)21-14(15)18-9/h3-4,6H,2,5,7H2,1H3. The van der Waals surface area contributed by atoms with Crippen molar-refractivity contribution in [2.24, 2.45) is 0 Å². The molecule has 0 aromatic carbocycles. The van der Waals surface area contributed by atoms with Crippen LogP contribution in [0.25, 0.3) is 11.2 Å². The van der Waals surface area contributed by atoms with Crippen LogP contribution in [0.2, 0.25) is 4.47 Å². The first-order chi connectivity index (χ1) is 10.2. The Morgan fingerprint density at radius 3 is 3.00 bits per heavy atom. The summed E-state index contributed by atoms with van der Waals surface area (Å²) in [6.07, 6.45) is 4.26. The molecule has 0 spiro atoms. The molecule has 0 aliphatic carbocycles. The summed E-state index contributed by atoms with van der Waals surface area (Å²) in [4.78, 5) is 21.1. The molecule has 0 bridgehead atoms. The van der Waals surface area contributed by atoms with Crippen molar-refractivity contribution in [3.63, 3.8) is 0 Å². The van der Waals surface area contributed by atoms with Gasteiger partial charge in [0.15, 0.2) is 10.1 Å². The molecule has 0 saturated heterocycles. The van der Waals surface area contributed by atoms with Crippen LogP contribution in [0.3, 0.4) is 0 Å². The summed E-state index contributed by atoms with van der Waals surface area (Å²) >= 11 is 7.56.